The van der Waals surface area contributed by atoms with E-state index in [2.05, 4.69) is 17.9 Å². The van der Waals surface area contributed by atoms with Crippen LogP contribution >= 0.6 is 12.6 Å². The Hall–Kier alpha value is -1.93. The molecule has 0 aliphatic heterocycles. The Bertz CT molecular complexity index is 434. The standard InChI is InChI=1S/C10H9N3OS/c11-6-8(9(12)14)10(15)13-7-4-2-1-3-5-7/h1-5,13,15H,(H2,12,14). The van der Waals surface area contributed by atoms with E-state index < -0.39 is 5.91 Å². The van der Waals surface area contributed by atoms with Crippen molar-refractivity contribution in [1.29, 1.82) is 5.26 Å². The number of nitrogens with zero attached hydrogens (tertiary/aromatic N) is 1. The average Bonchev–Trinajstić information content (AvgIpc) is 2.19. The first kappa shape index (κ1) is 11.1. The molecule has 1 aromatic carbocycles. The monoisotopic (exact) mass is 219 g/mol. The molecule has 15 heavy (non-hydrogen) atoms. The molecule has 0 aliphatic rings. The first-order valence-electron chi connectivity index (χ1n) is 4.10. The van der Waals surface area contributed by atoms with E-state index >= 15 is 0 Å². The van der Waals surface area contributed by atoms with Crippen molar-refractivity contribution in [2.75, 3.05) is 5.32 Å². The Morgan fingerprint density at radius 3 is 2.47 bits per heavy atom. The highest BCUT2D eigenvalue weighted by Crippen LogP contribution is 2.14. The van der Waals surface area contributed by atoms with Gasteiger partial charge in [0.25, 0.3) is 5.91 Å². The van der Waals surface area contributed by atoms with Crippen molar-refractivity contribution >= 4 is 24.2 Å². The fraction of sp³-hybridized carbons (Fsp3) is 0. The molecule has 0 saturated carbocycles. The molecular weight excluding hydrogens is 210 g/mol. The molecule has 0 fully saturated rings. The number of nitrogens with two attached hydrogens (primary N) is 1. The molecule has 1 rings (SSSR count). The third-order valence-electron chi connectivity index (χ3n) is 1.63. The number of benzene rings is 1. The largest absolute Gasteiger partial charge is 0.365 e. The van der Waals surface area contributed by atoms with Crippen LogP contribution in [0.5, 0.6) is 0 Å². The van der Waals surface area contributed by atoms with Crippen molar-refractivity contribution in [3.8, 4) is 6.07 Å². The van der Waals surface area contributed by atoms with Crippen molar-refractivity contribution in [2.45, 2.75) is 0 Å². The van der Waals surface area contributed by atoms with Crippen molar-refractivity contribution < 1.29 is 4.79 Å². The van der Waals surface area contributed by atoms with Gasteiger partial charge in [-0.3, -0.25) is 4.79 Å². The molecule has 0 heterocycles. The van der Waals surface area contributed by atoms with Crippen LogP contribution in [0.15, 0.2) is 40.9 Å². The molecule has 0 unspecified atom stereocenters. The quantitative estimate of drug-likeness (QED) is 0.406. The Kier molecular flexibility index (Phi) is 3.77. The summed E-state index contributed by atoms with van der Waals surface area (Å²) in [5, 5.41) is 11.6. The van der Waals surface area contributed by atoms with Crippen LogP contribution in [-0.4, -0.2) is 5.91 Å². The predicted molar refractivity (Wildman–Crippen MR) is 60.9 cm³/mol. The molecule has 0 atom stereocenters. The Balaban J connectivity index is 2.92. The lowest BCUT2D eigenvalue weighted by Gasteiger charge is -2.05. The minimum atomic E-state index is -0.800. The number of amides is 1. The van der Waals surface area contributed by atoms with Crippen LogP contribution in [0.2, 0.25) is 0 Å². The van der Waals surface area contributed by atoms with Gasteiger partial charge in [-0.2, -0.15) is 5.26 Å². The summed E-state index contributed by atoms with van der Waals surface area (Å²) in [6, 6.07) is 10.7. The van der Waals surface area contributed by atoms with Gasteiger partial charge in [0.05, 0.1) is 5.03 Å². The fourth-order valence-corrected chi connectivity index (χ4v) is 1.23. The molecule has 0 aromatic heterocycles. The van der Waals surface area contributed by atoms with Crippen LogP contribution in [0.25, 0.3) is 0 Å². The highest BCUT2D eigenvalue weighted by molar-refractivity contribution is 7.84. The lowest BCUT2D eigenvalue weighted by atomic mass is 10.3. The number of hydrogen-bond donors (Lipinski definition) is 3. The molecule has 3 N–H and O–H groups in total. The second-order valence-corrected chi connectivity index (χ2v) is 3.14. The van der Waals surface area contributed by atoms with Crippen molar-refractivity contribution in [2.24, 2.45) is 5.73 Å². The molecule has 1 amide bonds. The van der Waals surface area contributed by atoms with Crippen LogP contribution in [0, 0.1) is 11.3 Å². The molecule has 5 heteroatoms. The maximum absolute atomic E-state index is 10.8. The molecule has 0 spiro atoms. The van der Waals surface area contributed by atoms with Crippen LogP contribution in [-0.2, 0) is 4.79 Å². The van der Waals surface area contributed by atoms with E-state index in [9.17, 15) is 4.79 Å². The Labute approximate surface area is 92.8 Å². The third kappa shape index (κ3) is 3.04. The highest BCUT2D eigenvalue weighted by Gasteiger charge is 2.08. The Morgan fingerprint density at radius 1 is 1.40 bits per heavy atom. The maximum Gasteiger partial charge on any atom is 0.262 e. The number of thiol groups is 1. The second-order valence-electron chi connectivity index (χ2n) is 2.69. The van der Waals surface area contributed by atoms with E-state index in [1.54, 1.807) is 18.2 Å². The second kappa shape index (κ2) is 5.08. The summed E-state index contributed by atoms with van der Waals surface area (Å²) in [6.07, 6.45) is 0. The van der Waals surface area contributed by atoms with Crippen LogP contribution in [0.4, 0.5) is 5.69 Å². The van der Waals surface area contributed by atoms with Crippen LogP contribution in [0.3, 0.4) is 0 Å². The molecule has 0 aliphatic carbocycles. The van der Waals surface area contributed by atoms with Gasteiger partial charge in [-0.15, -0.1) is 12.6 Å². The van der Waals surface area contributed by atoms with E-state index in [-0.39, 0.29) is 10.6 Å². The van der Waals surface area contributed by atoms with Gasteiger partial charge in [0.1, 0.15) is 11.6 Å². The molecule has 4 nitrogen and oxygen atoms in total. The first-order chi connectivity index (χ1) is 7.15. The maximum atomic E-state index is 10.8. The molecular formula is C10H9N3OS. The fourth-order valence-electron chi connectivity index (χ4n) is 0.945. The minimum absolute atomic E-state index is 0.149. The van der Waals surface area contributed by atoms with Crippen molar-refractivity contribution in [3.63, 3.8) is 0 Å². The normalized spacial score (nSPS) is 11.2. The van der Waals surface area contributed by atoms with Gasteiger partial charge in [-0.05, 0) is 12.1 Å². The predicted octanol–water partition coefficient (Wildman–Crippen LogP) is 1.25. The van der Waals surface area contributed by atoms with E-state index in [1.807, 2.05) is 18.2 Å². The zero-order valence-corrected chi connectivity index (χ0v) is 8.66. The zero-order chi connectivity index (χ0) is 11.3. The van der Waals surface area contributed by atoms with Gasteiger partial charge >= 0.3 is 0 Å². The smallest absolute Gasteiger partial charge is 0.262 e. The number of carbonyl (C=O) groups excluding carboxylic acids is 1. The number of rotatable bonds is 3. The van der Waals surface area contributed by atoms with E-state index in [1.165, 1.54) is 0 Å². The van der Waals surface area contributed by atoms with Gasteiger partial charge in [0.2, 0.25) is 0 Å². The topological polar surface area (TPSA) is 78.9 Å². The molecule has 0 bridgehead atoms. The van der Waals surface area contributed by atoms with Gasteiger partial charge in [-0.1, -0.05) is 18.2 Å². The summed E-state index contributed by atoms with van der Waals surface area (Å²) in [4.78, 5) is 10.8. The zero-order valence-electron chi connectivity index (χ0n) is 7.77. The van der Waals surface area contributed by atoms with E-state index in [0.717, 1.165) is 5.69 Å². The molecule has 0 radical (unpaired) electrons. The lowest BCUT2D eigenvalue weighted by molar-refractivity contribution is -0.114. The summed E-state index contributed by atoms with van der Waals surface area (Å²) in [5.74, 6) is -0.800. The third-order valence-corrected chi connectivity index (χ3v) is 1.97. The number of primary amides is 1. The van der Waals surface area contributed by atoms with Crippen LogP contribution in [0.1, 0.15) is 0 Å². The number of anilines is 1. The van der Waals surface area contributed by atoms with Crippen molar-refractivity contribution in [3.05, 3.63) is 40.9 Å². The lowest BCUT2D eigenvalue weighted by Crippen LogP contribution is -2.15. The molecule has 0 saturated heterocycles. The number of hydrogen-bond acceptors (Lipinski definition) is 4. The molecule has 1 aromatic rings. The van der Waals surface area contributed by atoms with Gasteiger partial charge in [0, 0.05) is 5.69 Å². The number of para-hydroxylation sites is 1. The van der Waals surface area contributed by atoms with Gasteiger partial charge in [0.15, 0.2) is 0 Å². The summed E-state index contributed by atoms with van der Waals surface area (Å²) in [7, 11) is 0. The van der Waals surface area contributed by atoms with E-state index in [4.69, 9.17) is 11.0 Å². The van der Waals surface area contributed by atoms with E-state index in [0.29, 0.717) is 0 Å². The number of carbonyl (C=O) groups is 1. The number of nitrogens with one attached hydrogen (secondary N) is 1. The van der Waals surface area contributed by atoms with Crippen molar-refractivity contribution in [1.82, 2.24) is 0 Å². The number of nitriles is 1. The Morgan fingerprint density at radius 2 is 2.00 bits per heavy atom. The summed E-state index contributed by atoms with van der Waals surface area (Å²) < 4.78 is 0. The minimum Gasteiger partial charge on any atom is -0.365 e. The van der Waals surface area contributed by atoms with Gasteiger partial charge in [-0.25, -0.2) is 0 Å². The summed E-state index contributed by atoms with van der Waals surface area (Å²) >= 11 is 4.00. The summed E-state index contributed by atoms with van der Waals surface area (Å²) in [5.41, 5.74) is 5.53. The SMILES string of the molecule is N#CC(C(N)=O)=C(S)Nc1ccccc1. The molecule has 76 valence electrons. The highest BCUT2D eigenvalue weighted by atomic mass is 32.1. The van der Waals surface area contributed by atoms with Crippen LogP contribution < -0.4 is 11.1 Å². The average molecular weight is 219 g/mol. The van der Waals surface area contributed by atoms with Gasteiger partial charge < -0.3 is 11.1 Å². The first-order valence-corrected chi connectivity index (χ1v) is 4.55. The summed E-state index contributed by atoms with van der Waals surface area (Å²) in [6.45, 7) is 0.